The summed E-state index contributed by atoms with van der Waals surface area (Å²) in [5.74, 6) is -0.292. The molecule has 1 amide bonds. The highest BCUT2D eigenvalue weighted by Gasteiger charge is 2.19. The number of carbonyl (C=O) groups is 1. The Hall–Kier alpha value is -3.66. The highest BCUT2D eigenvalue weighted by atomic mass is 16.3. The van der Waals surface area contributed by atoms with Crippen molar-refractivity contribution in [1.82, 2.24) is 4.90 Å². The molecule has 3 rings (SSSR count). The molecule has 0 aliphatic rings. The average molecular weight is 413 g/mol. The summed E-state index contributed by atoms with van der Waals surface area (Å²) >= 11 is 0. The molecule has 0 unspecified atom stereocenters. The van der Waals surface area contributed by atoms with E-state index in [9.17, 15) is 9.90 Å². The molecule has 3 aromatic rings. The zero-order valence-electron chi connectivity index (χ0n) is 18.5. The maximum atomic E-state index is 12.7. The highest BCUT2D eigenvalue weighted by Crippen LogP contribution is 2.36. The molecule has 4 nitrogen and oxygen atoms in total. The molecule has 0 saturated heterocycles. The van der Waals surface area contributed by atoms with Crippen molar-refractivity contribution in [1.29, 1.82) is 0 Å². The van der Waals surface area contributed by atoms with Crippen molar-refractivity contribution in [3.63, 3.8) is 0 Å². The highest BCUT2D eigenvalue weighted by molar-refractivity contribution is 6.07. The Bertz CT molecular complexity index is 1190. The van der Waals surface area contributed by atoms with Crippen molar-refractivity contribution >= 4 is 34.7 Å². The van der Waals surface area contributed by atoms with E-state index in [-0.39, 0.29) is 17.2 Å². The number of aliphatic imine (C=N–C) groups is 1. The molecule has 0 fully saturated rings. The normalized spacial score (nSPS) is 12.1. The van der Waals surface area contributed by atoms with Crippen LogP contribution in [-0.4, -0.2) is 36.7 Å². The minimum absolute atomic E-state index is 0.0239. The SMILES string of the molecule is C=N/C(=C\C=C(/C)c1ccc(CC)cc1)c1cc(C(=O)N(C)C)c(O)c2ccccc12. The number of benzene rings is 3. The number of aryl methyl sites for hydroxylation is 1. The maximum absolute atomic E-state index is 12.7. The number of hydrogen-bond acceptors (Lipinski definition) is 3. The molecule has 158 valence electrons. The van der Waals surface area contributed by atoms with Crippen LogP contribution in [0.3, 0.4) is 0 Å². The van der Waals surface area contributed by atoms with Crippen LogP contribution in [0.4, 0.5) is 0 Å². The largest absolute Gasteiger partial charge is 0.506 e. The van der Waals surface area contributed by atoms with Crippen LogP contribution in [-0.2, 0) is 6.42 Å². The van der Waals surface area contributed by atoms with Crippen molar-refractivity contribution in [3.05, 3.63) is 89.0 Å². The van der Waals surface area contributed by atoms with Gasteiger partial charge >= 0.3 is 0 Å². The molecular weight excluding hydrogens is 384 g/mol. The number of aromatic hydroxyl groups is 1. The Morgan fingerprint density at radius 3 is 2.26 bits per heavy atom. The summed E-state index contributed by atoms with van der Waals surface area (Å²) in [4.78, 5) is 18.3. The number of phenols is 1. The molecule has 0 atom stereocenters. The number of hydrogen-bond donors (Lipinski definition) is 1. The molecule has 0 spiro atoms. The van der Waals surface area contributed by atoms with E-state index in [0.717, 1.165) is 28.5 Å². The molecule has 0 heterocycles. The Labute approximate surface area is 183 Å². The van der Waals surface area contributed by atoms with Gasteiger partial charge in [-0.2, -0.15) is 0 Å². The van der Waals surface area contributed by atoms with Crippen molar-refractivity contribution in [2.24, 2.45) is 4.99 Å². The molecular formula is C27H28N2O2. The molecule has 0 aromatic heterocycles. The summed E-state index contributed by atoms with van der Waals surface area (Å²) in [6.07, 6.45) is 4.91. The first kappa shape index (κ1) is 22.0. The van der Waals surface area contributed by atoms with Crippen LogP contribution in [0.25, 0.3) is 22.0 Å². The number of carbonyl (C=O) groups excluding carboxylic acids is 1. The van der Waals surface area contributed by atoms with Crippen LogP contribution >= 0.6 is 0 Å². The lowest BCUT2D eigenvalue weighted by molar-refractivity contribution is 0.0825. The van der Waals surface area contributed by atoms with E-state index < -0.39 is 0 Å². The van der Waals surface area contributed by atoms with E-state index in [2.05, 4.69) is 42.9 Å². The van der Waals surface area contributed by atoms with E-state index in [1.54, 1.807) is 26.2 Å². The van der Waals surface area contributed by atoms with Gasteiger partial charge in [0.25, 0.3) is 5.91 Å². The molecule has 1 N–H and O–H groups in total. The Kier molecular flexibility index (Phi) is 6.71. The van der Waals surface area contributed by atoms with Gasteiger partial charge < -0.3 is 10.0 Å². The van der Waals surface area contributed by atoms with Crippen LogP contribution < -0.4 is 0 Å². The fourth-order valence-electron chi connectivity index (χ4n) is 3.51. The van der Waals surface area contributed by atoms with Gasteiger partial charge in [-0.1, -0.05) is 61.5 Å². The van der Waals surface area contributed by atoms with Gasteiger partial charge in [0.05, 0.1) is 11.3 Å². The average Bonchev–Trinajstić information content (AvgIpc) is 2.80. The molecule has 0 bridgehead atoms. The summed E-state index contributed by atoms with van der Waals surface area (Å²) in [6, 6.07) is 17.6. The molecule has 0 radical (unpaired) electrons. The first-order valence-electron chi connectivity index (χ1n) is 10.3. The first-order chi connectivity index (χ1) is 14.9. The summed E-state index contributed by atoms with van der Waals surface area (Å²) in [5.41, 5.74) is 5.15. The predicted molar refractivity (Wildman–Crippen MR) is 131 cm³/mol. The zero-order valence-corrected chi connectivity index (χ0v) is 18.5. The fraction of sp³-hybridized carbons (Fsp3) is 0.185. The van der Waals surface area contributed by atoms with E-state index >= 15 is 0 Å². The van der Waals surface area contributed by atoms with Crippen molar-refractivity contribution in [3.8, 4) is 5.75 Å². The van der Waals surface area contributed by atoms with Gasteiger partial charge in [-0.05, 0) is 54.3 Å². The summed E-state index contributed by atoms with van der Waals surface area (Å²) in [7, 11) is 3.32. The van der Waals surface area contributed by atoms with E-state index in [1.807, 2.05) is 37.3 Å². The predicted octanol–water partition coefficient (Wildman–Crippen LogP) is 5.95. The third kappa shape index (κ3) is 4.58. The second-order valence-corrected chi connectivity index (χ2v) is 7.68. The Morgan fingerprint density at radius 1 is 1.03 bits per heavy atom. The lowest BCUT2D eigenvalue weighted by Gasteiger charge is -2.16. The molecule has 4 heteroatoms. The second kappa shape index (κ2) is 9.43. The Balaban J connectivity index is 2.13. The maximum Gasteiger partial charge on any atom is 0.257 e. The van der Waals surface area contributed by atoms with E-state index in [0.29, 0.717) is 11.1 Å². The third-order valence-electron chi connectivity index (χ3n) is 5.41. The number of amides is 1. The number of allylic oxidation sites excluding steroid dienone is 3. The number of rotatable bonds is 6. The molecule has 3 aromatic carbocycles. The third-order valence-corrected chi connectivity index (χ3v) is 5.41. The fourth-order valence-corrected chi connectivity index (χ4v) is 3.51. The molecule has 0 aliphatic heterocycles. The smallest absolute Gasteiger partial charge is 0.257 e. The molecule has 0 saturated carbocycles. The van der Waals surface area contributed by atoms with Gasteiger partial charge in [0.1, 0.15) is 5.75 Å². The minimum Gasteiger partial charge on any atom is -0.506 e. The summed E-state index contributed by atoms with van der Waals surface area (Å²) in [6.45, 7) is 7.93. The number of nitrogens with zero attached hydrogens (tertiary/aromatic N) is 2. The minimum atomic E-state index is -0.268. The standard InChI is InChI=1S/C27H28N2O2/c1-6-19-12-14-20(15-13-19)18(2)11-16-25(28-3)23-17-24(27(31)29(4)5)26(30)22-10-8-7-9-21(22)23/h7-17,30H,3,6H2,1-2,4-5H3/b18-11+,25-16-. The van der Waals surface area contributed by atoms with Crippen LogP contribution in [0.2, 0.25) is 0 Å². The van der Waals surface area contributed by atoms with E-state index in [4.69, 9.17) is 0 Å². The topological polar surface area (TPSA) is 52.9 Å². The van der Waals surface area contributed by atoms with Gasteiger partial charge in [-0.25, -0.2) is 0 Å². The van der Waals surface area contributed by atoms with Gasteiger partial charge in [0.15, 0.2) is 0 Å². The number of fused-ring (bicyclic) bond motifs is 1. The summed E-state index contributed by atoms with van der Waals surface area (Å²) in [5, 5.41) is 12.2. The quantitative estimate of drug-likeness (QED) is 0.401. The second-order valence-electron chi connectivity index (χ2n) is 7.68. The summed E-state index contributed by atoms with van der Waals surface area (Å²) < 4.78 is 0. The van der Waals surface area contributed by atoms with Crippen LogP contribution in [0.5, 0.6) is 5.75 Å². The van der Waals surface area contributed by atoms with Gasteiger partial charge in [-0.15, -0.1) is 0 Å². The van der Waals surface area contributed by atoms with Crippen molar-refractivity contribution in [2.45, 2.75) is 20.3 Å². The van der Waals surface area contributed by atoms with Crippen LogP contribution in [0.15, 0.2) is 71.7 Å². The van der Waals surface area contributed by atoms with Gasteiger partial charge in [0, 0.05) is 25.0 Å². The lowest BCUT2D eigenvalue weighted by Crippen LogP contribution is -2.22. The van der Waals surface area contributed by atoms with Gasteiger partial charge in [-0.3, -0.25) is 9.79 Å². The first-order valence-corrected chi connectivity index (χ1v) is 10.3. The van der Waals surface area contributed by atoms with Crippen molar-refractivity contribution in [2.75, 3.05) is 14.1 Å². The molecule has 0 aliphatic carbocycles. The Morgan fingerprint density at radius 2 is 1.68 bits per heavy atom. The number of phenolic OH excluding ortho intramolecular Hbond substituents is 1. The monoisotopic (exact) mass is 412 g/mol. The van der Waals surface area contributed by atoms with E-state index in [1.165, 1.54) is 10.5 Å². The van der Waals surface area contributed by atoms with Gasteiger partial charge in [0.2, 0.25) is 0 Å². The zero-order chi connectivity index (χ0) is 22.5. The van der Waals surface area contributed by atoms with Crippen molar-refractivity contribution < 1.29 is 9.90 Å². The van der Waals surface area contributed by atoms with Crippen LogP contribution in [0.1, 0.15) is 40.9 Å². The molecule has 31 heavy (non-hydrogen) atoms. The lowest BCUT2D eigenvalue weighted by atomic mass is 9.96. The van der Waals surface area contributed by atoms with Crippen LogP contribution in [0, 0.1) is 0 Å².